The molecular weight excluding hydrogens is 217 g/mol. The minimum atomic E-state index is 0.304. The van der Waals surface area contributed by atoms with E-state index in [-0.39, 0.29) is 0 Å². The van der Waals surface area contributed by atoms with E-state index in [4.69, 9.17) is 23.2 Å². The number of aliphatic imine (C=N–C) groups is 1. The van der Waals surface area contributed by atoms with E-state index >= 15 is 0 Å². The molecule has 0 radical (unpaired) electrons. The molecule has 1 unspecified atom stereocenters. The Bertz CT molecular complexity index is 396. The first-order valence-electron chi connectivity index (χ1n) is 4.41. The molecule has 0 spiro atoms. The summed E-state index contributed by atoms with van der Waals surface area (Å²) in [4.78, 5) is 4.02. The molecule has 1 heterocycles. The molecule has 3 heteroatoms. The third-order valence-electron chi connectivity index (χ3n) is 2.25. The van der Waals surface area contributed by atoms with Gasteiger partial charge in [-0.05, 0) is 18.1 Å². The van der Waals surface area contributed by atoms with Crippen molar-refractivity contribution in [2.24, 2.45) is 4.99 Å². The highest BCUT2D eigenvalue weighted by atomic mass is 35.5. The van der Waals surface area contributed by atoms with Gasteiger partial charge in [-0.2, -0.15) is 0 Å². The summed E-state index contributed by atoms with van der Waals surface area (Å²) in [6, 6.07) is 5.72. The molecule has 1 aromatic carbocycles. The van der Waals surface area contributed by atoms with Crippen LogP contribution in [-0.2, 0) is 0 Å². The van der Waals surface area contributed by atoms with Crippen molar-refractivity contribution in [1.29, 1.82) is 0 Å². The van der Waals surface area contributed by atoms with Gasteiger partial charge in [-0.3, -0.25) is 4.99 Å². The van der Waals surface area contributed by atoms with E-state index in [0.717, 1.165) is 12.0 Å². The molecule has 1 aliphatic rings. The smallest absolute Gasteiger partial charge is 0.0630 e. The topological polar surface area (TPSA) is 12.4 Å². The third kappa shape index (κ3) is 1.84. The molecule has 0 bridgehead atoms. The Morgan fingerprint density at radius 1 is 1.29 bits per heavy atom. The van der Waals surface area contributed by atoms with Crippen molar-refractivity contribution in [3.05, 3.63) is 46.1 Å². The monoisotopic (exact) mass is 225 g/mol. The van der Waals surface area contributed by atoms with Gasteiger partial charge in [0.15, 0.2) is 0 Å². The molecular formula is C11H9Cl2N. The number of allylic oxidation sites excluding steroid dienone is 1. The lowest BCUT2D eigenvalue weighted by atomic mass is 9.95. The highest BCUT2D eigenvalue weighted by molar-refractivity contribution is 6.42. The Hall–Kier alpha value is -0.790. The summed E-state index contributed by atoms with van der Waals surface area (Å²) < 4.78 is 0. The second-order valence-electron chi connectivity index (χ2n) is 3.16. The third-order valence-corrected chi connectivity index (χ3v) is 3.08. The van der Waals surface area contributed by atoms with Gasteiger partial charge in [0.1, 0.15) is 0 Å². The summed E-state index contributed by atoms with van der Waals surface area (Å²) in [6.07, 6.45) is 6.61. The maximum Gasteiger partial charge on any atom is 0.0630 e. The van der Waals surface area contributed by atoms with Crippen LogP contribution in [0, 0.1) is 0 Å². The van der Waals surface area contributed by atoms with Crippen molar-refractivity contribution in [1.82, 2.24) is 0 Å². The molecule has 14 heavy (non-hydrogen) atoms. The van der Waals surface area contributed by atoms with Crippen LogP contribution in [0.2, 0.25) is 10.0 Å². The number of benzene rings is 1. The standard InChI is InChI=1S/C11H9Cl2N/c12-10-3-1-2-9(11(10)13)8-4-6-14-7-5-8/h1-4,6-8H,5H2. The fourth-order valence-corrected chi connectivity index (χ4v) is 1.95. The molecule has 0 aliphatic carbocycles. The molecule has 0 aromatic heterocycles. The zero-order valence-corrected chi connectivity index (χ0v) is 8.96. The minimum Gasteiger partial charge on any atom is -0.269 e. The molecule has 0 saturated heterocycles. The summed E-state index contributed by atoms with van der Waals surface area (Å²) in [7, 11) is 0. The average molecular weight is 226 g/mol. The fraction of sp³-hybridized carbons (Fsp3) is 0.182. The molecule has 0 fully saturated rings. The summed E-state index contributed by atoms with van der Waals surface area (Å²) in [6.45, 7) is 0. The Morgan fingerprint density at radius 2 is 2.14 bits per heavy atom. The second-order valence-corrected chi connectivity index (χ2v) is 3.94. The first kappa shape index (κ1) is 9.75. The van der Waals surface area contributed by atoms with Gasteiger partial charge in [-0.1, -0.05) is 41.4 Å². The average Bonchev–Trinajstić information content (AvgIpc) is 2.23. The highest BCUT2D eigenvalue weighted by Gasteiger charge is 2.13. The SMILES string of the molecule is Clc1cccc(C2C=CN=CC2)c1Cl. The summed E-state index contributed by atoms with van der Waals surface area (Å²) in [5.41, 5.74) is 1.07. The molecule has 1 nitrogen and oxygen atoms in total. The van der Waals surface area contributed by atoms with E-state index < -0.39 is 0 Å². The Labute approximate surface area is 93.1 Å². The quantitative estimate of drug-likeness (QED) is 0.684. The van der Waals surface area contributed by atoms with E-state index in [1.54, 1.807) is 12.3 Å². The molecule has 1 aliphatic heterocycles. The van der Waals surface area contributed by atoms with Crippen molar-refractivity contribution >= 4 is 29.4 Å². The van der Waals surface area contributed by atoms with Gasteiger partial charge in [0.05, 0.1) is 10.0 Å². The summed E-state index contributed by atoms with van der Waals surface area (Å²) >= 11 is 12.1. The molecule has 1 atom stereocenters. The Morgan fingerprint density at radius 3 is 2.86 bits per heavy atom. The van der Waals surface area contributed by atoms with Crippen LogP contribution in [0.15, 0.2) is 35.5 Å². The summed E-state index contributed by atoms with van der Waals surface area (Å²) in [5.74, 6) is 0.304. The highest BCUT2D eigenvalue weighted by Crippen LogP contribution is 2.33. The van der Waals surface area contributed by atoms with Crippen LogP contribution in [0.25, 0.3) is 0 Å². The van der Waals surface area contributed by atoms with Crippen molar-refractivity contribution in [2.75, 3.05) is 0 Å². The zero-order chi connectivity index (χ0) is 9.97. The predicted octanol–water partition coefficient (Wildman–Crippen LogP) is 4.07. The van der Waals surface area contributed by atoms with Crippen molar-refractivity contribution in [2.45, 2.75) is 12.3 Å². The van der Waals surface area contributed by atoms with Gasteiger partial charge in [0.25, 0.3) is 0 Å². The minimum absolute atomic E-state index is 0.304. The fourth-order valence-electron chi connectivity index (χ4n) is 1.50. The van der Waals surface area contributed by atoms with Crippen LogP contribution in [0.4, 0.5) is 0 Å². The van der Waals surface area contributed by atoms with Gasteiger partial charge in [-0.25, -0.2) is 0 Å². The molecule has 1 aromatic rings. The van der Waals surface area contributed by atoms with Crippen LogP contribution in [0.5, 0.6) is 0 Å². The van der Waals surface area contributed by atoms with Crippen LogP contribution < -0.4 is 0 Å². The number of hydrogen-bond acceptors (Lipinski definition) is 1. The van der Waals surface area contributed by atoms with E-state index in [1.807, 2.05) is 24.4 Å². The van der Waals surface area contributed by atoms with Crippen molar-refractivity contribution in [3.63, 3.8) is 0 Å². The number of rotatable bonds is 1. The maximum atomic E-state index is 6.12. The van der Waals surface area contributed by atoms with Crippen LogP contribution in [0.1, 0.15) is 17.9 Å². The molecule has 0 saturated carbocycles. The molecule has 72 valence electrons. The second kappa shape index (κ2) is 4.16. The lowest BCUT2D eigenvalue weighted by Gasteiger charge is -2.14. The lowest BCUT2D eigenvalue weighted by Crippen LogP contribution is -1.99. The van der Waals surface area contributed by atoms with Crippen LogP contribution in [-0.4, -0.2) is 6.21 Å². The summed E-state index contributed by atoms with van der Waals surface area (Å²) in [5, 5.41) is 1.26. The largest absolute Gasteiger partial charge is 0.269 e. The maximum absolute atomic E-state index is 6.12. The number of nitrogens with zero attached hydrogens (tertiary/aromatic N) is 1. The molecule has 0 amide bonds. The first-order valence-corrected chi connectivity index (χ1v) is 5.17. The van der Waals surface area contributed by atoms with Gasteiger partial charge in [0, 0.05) is 18.3 Å². The van der Waals surface area contributed by atoms with Gasteiger partial charge < -0.3 is 0 Å². The lowest BCUT2D eigenvalue weighted by molar-refractivity contribution is 0.887. The van der Waals surface area contributed by atoms with Crippen LogP contribution in [0.3, 0.4) is 0 Å². The van der Waals surface area contributed by atoms with Gasteiger partial charge in [-0.15, -0.1) is 0 Å². The first-order chi connectivity index (χ1) is 6.79. The van der Waals surface area contributed by atoms with Crippen molar-refractivity contribution in [3.8, 4) is 0 Å². The molecule has 2 rings (SSSR count). The number of halogens is 2. The van der Waals surface area contributed by atoms with E-state index in [1.165, 1.54) is 0 Å². The van der Waals surface area contributed by atoms with E-state index in [9.17, 15) is 0 Å². The predicted molar refractivity (Wildman–Crippen MR) is 61.5 cm³/mol. The zero-order valence-electron chi connectivity index (χ0n) is 7.45. The number of hydrogen-bond donors (Lipinski definition) is 0. The Balaban J connectivity index is 2.36. The van der Waals surface area contributed by atoms with Gasteiger partial charge in [0.2, 0.25) is 0 Å². The van der Waals surface area contributed by atoms with Gasteiger partial charge >= 0.3 is 0 Å². The van der Waals surface area contributed by atoms with Crippen LogP contribution >= 0.6 is 23.2 Å². The van der Waals surface area contributed by atoms with Crippen molar-refractivity contribution < 1.29 is 0 Å². The molecule has 0 N–H and O–H groups in total. The van der Waals surface area contributed by atoms with E-state index in [2.05, 4.69) is 4.99 Å². The van der Waals surface area contributed by atoms with E-state index in [0.29, 0.717) is 16.0 Å². The normalized spacial score (nSPS) is 20.0. The Kier molecular flexibility index (Phi) is 2.90.